The van der Waals surface area contributed by atoms with Crippen LogP contribution in [0.5, 0.6) is 0 Å². The second-order valence-electron chi connectivity index (χ2n) is 8.75. The van der Waals surface area contributed by atoms with Gasteiger partial charge in [0.2, 0.25) is 17.7 Å². The molecule has 0 aromatic heterocycles. The summed E-state index contributed by atoms with van der Waals surface area (Å²) < 4.78 is 0. The molecule has 2 fully saturated rings. The summed E-state index contributed by atoms with van der Waals surface area (Å²) in [6.07, 6.45) is 0.543. The van der Waals surface area contributed by atoms with Crippen molar-refractivity contribution in [2.24, 2.45) is 0 Å². The maximum atomic E-state index is 13.5. The van der Waals surface area contributed by atoms with Gasteiger partial charge in [-0.3, -0.25) is 33.8 Å². The molecule has 0 saturated carbocycles. The van der Waals surface area contributed by atoms with Gasteiger partial charge in [-0.1, -0.05) is 6.92 Å². The van der Waals surface area contributed by atoms with Gasteiger partial charge in [-0.15, -0.1) is 0 Å². The van der Waals surface area contributed by atoms with Crippen LogP contribution in [0.4, 0.5) is 5.69 Å². The lowest BCUT2D eigenvalue weighted by atomic mass is 10.0. The number of anilines is 1. The smallest absolute Gasteiger partial charge is 0.305 e. The quantitative estimate of drug-likeness (QED) is 0.327. The minimum Gasteiger partial charge on any atom is -0.481 e. The molecule has 37 heavy (non-hydrogen) atoms. The highest BCUT2D eigenvalue weighted by Gasteiger charge is 2.44. The van der Waals surface area contributed by atoms with Crippen LogP contribution in [0.1, 0.15) is 55.8 Å². The minimum atomic E-state index is -1.29. The lowest BCUT2D eigenvalue weighted by Gasteiger charge is -2.43. The first-order chi connectivity index (χ1) is 17.6. The van der Waals surface area contributed by atoms with Crippen molar-refractivity contribution < 1.29 is 38.7 Å². The number of carbonyl (C=O) groups excluding carboxylic acids is 6. The van der Waals surface area contributed by atoms with E-state index >= 15 is 0 Å². The van der Waals surface area contributed by atoms with Gasteiger partial charge >= 0.3 is 5.97 Å². The molecule has 1 aromatic carbocycles. The number of fused-ring (bicyclic) bond motifs is 1. The van der Waals surface area contributed by atoms with E-state index in [0.717, 1.165) is 5.01 Å². The molecule has 13 heteroatoms. The largest absolute Gasteiger partial charge is 0.481 e. The Bertz CT molecular complexity index is 1090. The second kappa shape index (κ2) is 12.1. The molecule has 2 heterocycles. The van der Waals surface area contributed by atoms with E-state index in [2.05, 4.69) is 16.0 Å². The number of nitrogens with zero attached hydrogens (tertiary/aromatic N) is 2. The Labute approximate surface area is 212 Å². The lowest BCUT2D eigenvalue weighted by Crippen LogP contribution is -2.64. The van der Waals surface area contributed by atoms with Gasteiger partial charge in [-0.25, -0.2) is 5.01 Å². The Morgan fingerprint density at radius 3 is 2.46 bits per heavy atom. The third kappa shape index (κ3) is 6.68. The Hall–Kier alpha value is -4.29. The summed E-state index contributed by atoms with van der Waals surface area (Å²) in [4.78, 5) is 85.7. The molecular weight excluding hydrogens is 486 g/mol. The van der Waals surface area contributed by atoms with E-state index in [-0.39, 0.29) is 37.3 Å². The molecule has 1 aromatic rings. The van der Waals surface area contributed by atoms with Crippen molar-refractivity contribution in [2.75, 3.05) is 11.9 Å². The summed E-state index contributed by atoms with van der Waals surface area (Å²) in [6.45, 7) is 1.91. The zero-order chi connectivity index (χ0) is 27.1. The first kappa shape index (κ1) is 27.3. The molecule has 13 nitrogen and oxygen atoms in total. The number of carbonyl (C=O) groups is 7. The standard InChI is InChI=1S/C24H29N5O8/c1-2-19(31)25-15-7-5-14(6-8-15)22(35)27-17-9-10-20(32)28-11-3-4-18(29(28)24(17)37)23(36)26-16(13-30)12-21(33)34/h5-8,13,16-18H,2-4,9-12H2,1H3,(H,25,31)(H,26,36)(H,27,35)(H,33,34)/t16-,17-,18-/m0/s1. The molecule has 4 N–H and O–H groups in total. The molecule has 2 aliphatic heterocycles. The number of nitrogens with one attached hydrogen (secondary N) is 3. The number of aldehydes is 1. The Morgan fingerprint density at radius 2 is 1.84 bits per heavy atom. The Balaban J connectivity index is 1.76. The summed E-state index contributed by atoms with van der Waals surface area (Å²) >= 11 is 0. The third-order valence-corrected chi connectivity index (χ3v) is 6.11. The van der Waals surface area contributed by atoms with Crippen LogP contribution < -0.4 is 16.0 Å². The van der Waals surface area contributed by atoms with Crippen LogP contribution in [-0.2, 0) is 28.8 Å². The molecule has 3 rings (SSSR count). The van der Waals surface area contributed by atoms with Crippen molar-refractivity contribution in [1.29, 1.82) is 0 Å². The summed E-state index contributed by atoms with van der Waals surface area (Å²) in [5.41, 5.74) is 0.735. The van der Waals surface area contributed by atoms with Gasteiger partial charge < -0.3 is 25.9 Å². The average Bonchev–Trinajstić information content (AvgIpc) is 3.00. The molecule has 0 radical (unpaired) electrons. The van der Waals surface area contributed by atoms with E-state index in [0.29, 0.717) is 24.8 Å². The highest BCUT2D eigenvalue weighted by atomic mass is 16.4. The van der Waals surface area contributed by atoms with Gasteiger partial charge in [-0.2, -0.15) is 0 Å². The molecule has 0 spiro atoms. The number of hydrogen-bond donors (Lipinski definition) is 4. The summed E-state index contributed by atoms with van der Waals surface area (Å²) in [7, 11) is 0. The fourth-order valence-corrected chi connectivity index (χ4v) is 4.20. The van der Waals surface area contributed by atoms with E-state index in [9.17, 15) is 33.6 Å². The van der Waals surface area contributed by atoms with E-state index in [1.807, 2.05) is 0 Å². The van der Waals surface area contributed by atoms with Crippen LogP contribution in [0.3, 0.4) is 0 Å². The normalized spacial score (nSPS) is 20.2. The molecule has 0 aliphatic carbocycles. The van der Waals surface area contributed by atoms with Crippen LogP contribution in [0.15, 0.2) is 24.3 Å². The Kier molecular flexibility index (Phi) is 8.93. The molecule has 0 bridgehead atoms. The maximum Gasteiger partial charge on any atom is 0.305 e. The lowest BCUT2D eigenvalue weighted by molar-refractivity contribution is -0.176. The van der Waals surface area contributed by atoms with Crippen LogP contribution in [0, 0.1) is 0 Å². The van der Waals surface area contributed by atoms with Gasteiger partial charge in [0, 0.05) is 30.6 Å². The summed E-state index contributed by atoms with van der Waals surface area (Å²) in [5.74, 6) is -3.86. The number of hydrazine groups is 1. The van der Waals surface area contributed by atoms with E-state index in [1.165, 1.54) is 17.1 Å². The van der Waals surface area contributed by atoms with Gasteiger partial charge in [-0.05, 0) is 43.5 Å². The van der Waals surface area contributed by atoms with Crippen molar-refractivity contribution in [3.8, 4) is 0 Å². The van der Waals surface area contributed by atoms with Gasteiger partial charge in [0.15, 0.2) is 0 Å². The predicted octanol–water partition coefficient (Wildman–Crippen LogP) is -0.180. The van der Waals surface area contributed by atoms with Gasteiger partial charge in [0.25, 0.3) is 11.8 Å². The van der Waals surface area contributed by atoms with E-state index in [1.54, 1.807) is 19.1 Å². The number of carboxylic acids is 1. The number of carboxylic acid groups (broad SMARTS) is 1. The number of benzene rings is 1. The van der Waals surface area contributed by atoms with Crippen LogP contribution in [-0.4, -0.2) is 81.6 Å². The number of rotatable bonds is 9. The predicted molar refractivity (Wildman–Crippen MR) is 128 cm³/mol. The topological polar surface area (TPSA) is 182 Å². The monoisotopic (exact) mass is 515 g/mol. The van der Waals surface area contributed by atoms with Crippen molar-refractivity contribution in [2.45, 2.75) is 63.6 Å². The van der Waals surface area contributed by atoms with Crippen molar-refractivity contribution >= 4 is 47.5 Å². The summed E-state index contributed by atoms with van der Waals surface area (Å²) in [6, 6.07) is 2.52. The summed E-state index contributed by atoms with van der Waals surface area (Å²) in [5, 5.41) is 18.7. The first-order valence-corrected chi connectivity index (χ1v) is 12.0. The number of amides is 5. The third-order valence-electron chi connectivity index (χ3n) is 6.11. The first-order valence-electron chi connectivity index (χ1n) is 12.0. The SMILES string of the molecule is CCC(=O)Nc1ccc(C(=O)N[C@H]2CCC(=O)N3CCC[C@@H](C(=O)N[C@H](C=O)CC(=O)O)N3C2=O)cc1. The molecular formula is C24H29N5O8. The highest BCUT2D eigenvalue weighted by molar-refractivity contribution is 6.00. The zero-order valence-electron chi connectivity index (χ0n) is 20.3. The average molecular weight is 516 g/mol. The fourth-order valence-electron chi connectivity index (χ4n) is 4.20. The molecule has 0 unspecified atom stereocenters. The number of aliphatic carboxylic acids is 1. The van der Waals surface area contributed by atoms with E-state index in [4.69, 9.17) is 5.11 Å². The molecule has 2 saturated heterocycles. The van der Waals surface area contributed by atoms with Crippen LogP contribution in [0.2, 0.25) is 0 Å². The van der Waals surface area contributed by atoms with Crippen molar-refractivity contribution in [3.05, 3.63) is 29.8 Å². The van der Waals surface area contributed by atoms with Crippen LogP contribution >= 0.6 is 0 Å². The molecule has 2 aliphatic rings. The molecule has 5 amide bonds. The van der Waals surface area contributed by atoms with Crippen molar-refractivity contribution in [3.63, 3.8) is 0 Å². The number of hydrogen-bond acceptors (Lipinski definition) is 7. The fraction of sp³-hybridized carbons (Fsp3) is 0.458. The Morgan fingerprint density at radius 1 is 1.14 bits per heavy atom. The maximum absolute atomic E-state index is 13.5. The second-order valence-corrected chi connectivity index (χ2v) is 8.75. The van der Waals surface area contributed by atoms with Gasteiger partial charge in [0.1, 0.15) is 18.4 Å². The van der Waals surface area contributed by atoms with Crippen molar-refractivity contribution in [1.82, 2.24) is 20.7 Å². The highest BCUT2D eigenvalue weighted by Crippen LogP contribution is 2.25. The molecule has 198 valence electrons. The van der Waals surface area contributed by atoms with Gasteiger partial charge in [0.05, 0.1) is 12.5 Å². The van der Waals surface area contributed by atoms with E-state index < -0.39 is 54.1 Å². The zero-order valence-corrected chi connectivity index (χ0v) is 20.3. The minimum absolute atomic E-state index is 0.0192. The molecule has 3 atom stereocenters. The van der Waals surface area contributed by atoms with Crippen LogP contribution in [0.25, 0.3) is 0 Å².